The number of likely N-dealkylation sites (tertiary alicyclic amines) is 1. The Balaban J connectivity index is 1.80. The lowest BCUT2D eigenvalue weighted by Gasteiger charge is -2.14. The number of pyridine rings is 1. The SMILES string of the molecule is COCCOc1ncccc1C(=O)NCCCN1C(=O)CCC1=O. The summed E-state index contributed by atoms with van der Waals surface area (Å²) in [5, 5.41) is 2.74. The quantitative estimate of drug-likeness (QED) is 0.517. The predicted octanol–water partition coefficient (Wildman–Crippen LogP) is 0.376. The number of amides is 3. The number of nitrogens with zero attached hydrogens (tertiary/aromatic N) is 2. The van der Waals surface area contributed by atoms with Gasteiger partial charge in [0.1, 0.15) is 12.2 Å². The first-order chi connectivity index (χ1) is 11.6. The van der Waals surface area contributed by atoms with Crippen LogP contribution in [0.1, 0.15) is 29.6 Å². The highest BCUT2D eigenvalue weighted by Gasteiger charge is 2.27. The summed E-state index contributed by atoms with van der Waals surface area (Å²) >= 11 is 0. The highest BCUT2D eigenvalue weighted by molar-refractivity contribution is 6.01. The number of aromatic nitrogens is 1. The van der Waals surface area contributed by atoms with Crippen molar-refractivity contribution in [1.82, 2.24) is 15.2 Å². The van der Waals surface area contributed by atoms with Crippen molar-refractivity contribution >= 4 is 17.7 Å². The fourth-order valence-electron chi connectivity index (χ4n) is 2.31. The third-order valence-electron chi connectivity index (χ3n) is 3.54. The maximum Gasteiger partial charge on any atom is 0.256 e. The molecule has 0 radical (unpaired) electrons. The van der Waals surface area contributed by atoms with Crippen molar-refractivity contribution in [2.75, 3.05) is 33.4 Å². The van der Waals surface area contributed by atoms with Crippen LogP contribution in [0.2, 0.25) is 0 Å². The van der Waals surface area contributed by atoms with Crippen LogP contribution in [0.5, 0.6) is 5.88 Å². The number of nitrogens with one attached hydrogen (secondary N) is 1. The number of ether oxygens (including phenoxy) is 2. The van der Waals surface area contributed by atoms with E-state index in [0.717, 1.165) is 0 Å². The molecule has 0 aliphatic carbocycles. The largest absolute Gasteiger partial charge is 0.475 e. The van der Waals surface area contributed by atoms with Crippen LogP contribution in [-0.4, -0.2) is 61.0 Å². The molecule has 2 rings (SSSR count). The molecule has 1 N–H and O–H groups in total. The monoisotopic (exact) mass is 335 g/mol. The van der Waals surface area contributed by atoms with Gasteiger partial charge in [-0.05, 0) is 18.6 Å². The number of rotatable bonds is 9. The van der Waals surface area contributed by atoms with Gasteiger partial charge in [-0.3, -0.25) is 19.3 Å². The summed E-state index contributed by atoms with van der Waals surface area (Å²) in [7, 11) is 1.56. The van der Waals surface area contributed by atoms with Crippen molar-refractivity contribution in [1.29, 1.82) is 0 Å². The number of hydrogen-bond donors (Lipinski definition) is 1. The Morgan fingerprint density at radius 2 is 2.04 bits per heavy atom. The summed E-state index contributed by atoms with van der Waals surface area (Å²) in [5.74, 6) is -0.355. The van der Waals surface area contributed by atoms with Crippen molar-refractivity contribution in [3.8, 4) is 5.88 Å². The van der Waals surface area contributed by atoms with Gasteiger partial charge in [0.05, 0.1) is 6.61 Å². The highest BCUT2D eigenvalue weighted by atomic mass is 16.5. The first-order valence-corrected chi connectivity index (χ1v) is 7.81. The zero-order valence-electron chi connectivity index (χ0n) is 13.6. The van der Waals surface area contributed by atoms with E-state index in [1.807, 2.05) is 0 Å². The lowest BCUT2D eigenvalue weighted by Crippen LogP contribution is -2.33. The maximum absolute atomic E-state index is 12.2. The second kappa shape index (κ2) is 8.97. The van der Waals surface area contributed by atoms with E-state index in [1.54, 1.807) is 25.4 Å². The molecule has 0 unspecified atom stereocenters. The van der Waals surface area contributed by atoms with E-state index in [1.165, 1.54) is 4.90 Å². The molecule has 24 heavy (non-hydrogen) atoms. The molecule has 0 saturated carbocycles. The van der Waals surface area contributed by atoms with E-state index in [2.05, 4.69) is 10.3 Å². The highest BCUT2D eigenvalue weighted by Crippen LogP contribution is 2.14. The van der Waals surface area contributed by atoms with Crippen LogP contribution in [0.3, 0.4) is 0 Å². The van der Waals surface area contributed by atoms with Gasteiger partial charge >= 0.3 is 0 Å². The standard InChI is InChI=1S/C16H21N3O5/c1-23-10-11-24-16-12(4-2-7-18-16)15(22)17-8-3-9-19-13(20)5-6-14(19)21/h2,4,7H,3,5-6,8-11H2,1H3,(H,17,22). The van der Waals surface area contributed by atoms with Crippen LogP contribution < -0.4 is 10.1 Å². The van der Waals surface area contributed by atoms with Gasteiger partial charge in [-0.1, -0.05) is 0 Å². The van der Waals surface area contributed by atoms with Gasteiger partial charge in [-0.2, -0.15) is 0 Å². The van der Waals surface area contributed by atoms with Crippen molar-refractivity contribution in [3.63, 3.8) is 0 Å². The molecule has 1 fully saturated rings. The van der Waals surface area contributed by atoms with Crippen molar-refractivity contribution in [3.05, 3.63) is 23.9 Å². The van der Waals surface area contributed by atoms with Crippen molar-refractivity contribution < 1.29 is 23.9 Å². The molecule has 1 aromatic heterocycles. The van der Waals surface area contributed by atoms with Crippen molar-refractivity contribution in [2.24, 2.45) is 0 Å². The van der Waals surface area contributed by atoms with Crippen LogP contribution >= 0.6 is 0 Å². The minimum absolute atomic E-state index is 0.146. The van der Waals surface area contributed by atoms with E-state index >= 15 is 0 Å². The van der Waals surface area contributed by atoms with Gasteiger partial charge in [-0.15, -0.1) is 0 Å². The Hall–Kier alpha value is -2.48. The van der Waals surface area contributed by atoms with Crippen LogP contribution in [-0.2, 0) is 14.3 Å². The lowest BCUT2D eigenvalue weighted by atomic mass is 10.2. The first-order valence-electron chi connectivity index (χ1n) is 7.81. The van der Waals surface area contributed by atoms with Gasteiger partial charge in [0.25, 0.3) is 5.91 Å². The van der Waals surface area contributed by atoms with Crippen LogP contribution in [0.15, 0.2) is 18.3 Å². The topological polar surface area (TPSA) is 97.8 Å². The summed E-state index contributed by atoms with van der Waals surface area (Å²) in [6.45, 7) is 1.37. The third-order valence-corrected chi connectivity index (χ3v) is 3.54. The number of imide groups is 1. The van der Waals surface area contributed by atoms with Crippen LogP contribution in [0.4, 0.5) is 0 Å². The Bertz CT molecular complexity index is 589. The lowest BCUT2D eigenvalue weighted by molar-refractivity contribution is -0.138. The molecule has 0 spiro atoms. The molecule has 1 aliphatic rings. The number of carbonyl (C=O) groups is 3. The average Bonchev–Trinajstić information content (AvgIpc) is 2.91. The number of methoxy groups -OCH3 is 1. The number of carbonyl (C=O) groups excluding carboxylic acids is 3. The van der Waals surface area contributed by atoms with Gasteiger partial charge in [0.2, 0.25) is 17.7 Å². The number of hydrogen-bond acceptors (Lipinski definition) is 6. The minimum Gasteiger partial charge on any atom is -0.475 e. The van der Waals surface area contributed by atoms with E-state index in [-0.39, 0.29) is 36.4 Å². The molecule has 130 valence electrons. The first kappa shape index (κ1) is 17.9. The third kappa shape index (κ3) is 4.76. The summed E-state index contributed by atoms with van der Waals surface area (Å²) in [5.41, 5.74) is 0.335. The minimum atomic E-state index is -0.311. The second-order valence-electron chi connectivity index (χ2n) is 5.25. The van der Waals surface area contributed by atoms with Crippen LogP contribution in [0, 0.1) is 0 Å². The smallest absolute Gasteiger partial charge is 0.256 e. The van der Waals surface area contributed by atoms with Gasteiger partial charge in [-0.25, -0.2) is 4.98 Å². The fraction of sp³-hybridized carbons (Fsp3) is 0.500. The Morgan fingerprint density at radius 1 is 1.29 bits per heavy atom. The summed E-state index contributed by atoms with van der Waals surface area (Å²) < 4.78 is 10.3. The molecule has 3 amide bonds. The Morgan fingerprint density at radius 3 is 2.75 bits per heavy atom. The fourth-order valence-corrected chi connectivity index (χ4v) is 2.31. The van der Waals surface area contributed by atoms with E-state index in [4.69, 9.17) is 9.47 Å². The molecule has 0 aromatic carbocycles. The molecule has 1 aliphatic heterocycles. The zero-order chi connectivity index (χ0) is 17.4. The Labute approximate surface area is 140 Å². The maximum atomic E-state index is 12.2. The molecule has 8 heteroatoms. The Kier molecular flexibility index (Phi) is 6.68. The van der Waals surface area contributed by atoms with Crippen LogP contribution in [0.25, 0.3) is 0 Å². The molecule has 0 atom stereocenters. The average molecular weight is 335 g/mol. The molecule has 0 bridgehead atoms. The molecule has 8 nitrogen and oxygen atoms in total. The van der Waals surface area contributed by atoms with E-state index in [0.29, 0.717) is 38.3 Å². The van der Waals surface area contributed by atoms with Crippen molar-refractivity contribution in [2.45, 2.75) is 19.3 Å². The van der Waals surface area contributed by atoms with E-state index in [9.17, 15) is 14.4 Å². The summed E-state index contributed by atoms with van der Waals surface area (Å²) in [6.07, 6.45) is 2.61. The van der Waals surface area contributed by atoms with E-state index < -0.39 is 0 Å². The molecular formula is C16H21N3O5. The zero-order valence-corrected chi connectivity index (χ0v) is 13.6. The molecule has 1 aromatic rings. The molecule has 1 saturated heterocycles. The normalized spacial score (nSPS) is 14.1. The molecular weight excluding hydrogens is 314 g/mol. The second-order valence-corrected chi connectivity index (χ2v) is 5.25. The summed E-state index contributed by atoms with van der Waals surface area (Å²) in [4.78, 5) is 40.5. The van der Waals surface area contributed by atoms with Gasteiger partial charge in [0.15, 0.2) is 0 Å². The predicted molar refractivity (Wildman–Crippen MR) is 84.5 cm³/mol. The van der Waals surface area contributed by atoms with Gasteiger partial charge in [0, 0.05) is 39.2 Å². The van der Waals surface area contributed by atoms with Gasteiger partial charge < -0.3 is 14.8 Å². The molecule has 2 heterocycles. The summed E-state index contributed by atoms with van der Waals surface area (Å²) in [6, 6.07) is 3.28.